The fraction of sp³-hybridized carbons (Fsp3) is 0.478. The van der Waals surface area contributed by atoms with Crippen LogP contribution in [-0.4, -0.2) is 63.3 Å². The number of nitrogens with one attached hydrogen (secondary N) is 1. The minimum atomic E-state index is -0.344. The van der Waals surface area contributed by atoms with Gasteiger partial charge in [-0.2, -0.15) is 5.10 Å². The van der Waals surface area contributed by atoms with Crippen LogP contribution in [0.2, 0.25) is 0 Å². The summed E-state index contributed by atoms with van der Waals surface area (Å²) in [6.07, 6.45) is 5.81. The second-order valence-electron chi connectivity index (χ2n) is 8.43. The number of carbonyl (C=O) groups is 1. The second kappa shape index (κ2) is 8.80. The first-order valence-electron chi connectivity index (χ1n) is 11.0. The zero-order valence-corrected chi connectivity index (χ0v) is 17.6. The fourth-order valence-electron chi connectivity index (χ4n) is 4.59. The highest BCUT2D eigenvalue weighted by Crippen LogP contribution is 2.27. The van der Waals surface area contributed by atoms with Crippen molar-refractivity contribution in [1.29, 1.82) is 0 Å². The van der Waals surface area contributed by atoms with E-state index in [4.69, 9.17) is 4.98 Å². The van der Waals surface area contributed by atoms with E-state index in [0.29, 0.717) is 19.5 Å². The van der Waals surface area contributed by atoms with Gasteiger partial charge in [-0.15, -0.1) is 0 Å². The van der Waals surface area contributed by atoms with E-state index in [-0.39, 0.29) is 18.4 Å². The number of rotatable bonds is 6. The van der Waals surface area contributed by atoms with Crippen LogP contribution in [0, 0.1) is 5.92 Å². The summed E-state index contributed by atoms with van der Waals surface area (Å²) in [7, 11) is 0. The molecule has 0 bridgehead atoms. The van der Waals surface area contributed by atoms with Gasteiger partial charge in [0.15, 0.2) is 0 Å². The highest BCUT2D eigenvalue weighted by molar-refractivity contribution is 5.85. The van der Waals surface area contributed by atoms with Gasteiger partial charge in [-0.05, 0) is 44.1 Å². The molecule has 3 aromatic rings. The lowest BCUT2D eigenvalue weighted by atomic mass is 9.91. The van der Waals surface area contributed by atoms with Crippen LogP contribution in [0.5, 0.6) is 0 Å². The van der Waals surface area contributed by atoms with Crippen LogP contribution >= 0.6 is 0 Å². The predicted octanol–water partition coefficient (Wildman–Crippen LogP) is 2.39. The van der Waals surface area contributed by atoms with Gasteiger partial charge in [0.1, 0.15) is 12.5 Å². The molecule has 2 aliphatic rings. The first-order valence-corrected chi connectivity index (χ1v) is 11.0. The number of pyridine rings is 2. The molecule has 3 aromatic heterocycles. The topological polar surface area (TPSA) is 75.9 Å². The maximum absolute atomic E-state index is 12.8. The molecule has 0 atom stereocenters. The van der Waals surface area contributed by atoms with Gasteiger partial charge in [0, 0.05) is 54.8 Å². The van der Waals surface area contributed by atoms with Gasteiger partial charge in [0.2, 0.25) is 0 Å². The number of nitrogens with zero attached hydrogens (tertiary/aromatic N) is 5. The van der Waals surface area contributed by atoms with Crippen LogP contribution in [0.25, 0.3) is 22.2 Å². The number of piperidine rings is 1. The molecule has 1 saturated heterocycles. The lowest BCUT2D eigenvalue weighted by Gasteiger charge is -2.27. The number of aromatic nitrogens is 4. The third-order valence-electron chi connectivity index (χ3n) is 6.41. The molecule has 0 unspecified atom stereocenters. The van der Waals surface area contributed by atoms with Crippen molar-refractivity contribution < 1.29 is 9.18 Å². The van der Waals surface area contributed by atoms with Gasteiger partial charge < -0.3 is 5.32 Å². The summed E-state index contributed by atoms with van der Waals surface area (Å²) >= 11 is 0. The maximum atomic E-state index is 12.8. The first kappa shape index (κ1) is 20.2. The monoisotopic (exact) mass is 422 g/mol. The maximum Gasteiger partial charge on any atom is 0.142 e. The number of ketones is 1. The van der Waals surface area contributed by atoms with Gasteiger partial charge >= 0.3 is 0 Å². The minimum Gasteiger partial charge on any atom is -0.317 e. The van der Waals surface area contributed by atoms with Crippen LogP contribution in [-0.2, 0) is 24.3 Å². The minimum absolute atomic E-state index is 0.129. The molecular formula is C23H27FN6O. The number of Topliss-reactive ketones (excluding diaryl/α,β-unsaturated/α-hetero) is 1. The number of halogens is 1. The molecule has 1 N–H and O–H groups in total. The van der Waals surface area contributed by atoms with Gasteiger partial charge in [0.25, 0.3) is 0 Å². The number of alkyl halides is 1. The highest BCUT2D eigenvalue weighted by atomic mass is 19.1. The van der Waals surface area contributed by atoms with Crippen LogP contribution < -0.4 is 5.32 Å². The van der Waals surface area contributed by atoms with E-state index in [1.54, 1.807) is 6.20 Å². The smallest absolute Gasteiger partial charge is 0.142 e. The molecule has 8 heteroatoms. The van der Waals surface area contributed by atoms with Crippen LogP contribution in [0.15, 0.2) is 30.6 Å². The van der Waals surface area contributed by atoms with Gasteiger partial charge in [-0.1, -0.05) is 0 Å². The Balaban J connectivity index is 1.40. The Morgan fingerprint density at radius 2 is 2.06 bits per heavy atom. The van der Waals surface area contributed by atoms with Crippen LogP contribution in [0.3, 0.4) is 0 Å². The van der Waals surface area contributed by atoms with Crippen molar-refractivity contribution in [3.05, 3.63) is 42.0 Å². The molecule has 0 aromatic carbocycles. The molecular weight excluding hydrogens is 395 g/mol. The van der Waals surface area contributed by atoms with Crippen LogP contribution in [0.4, 0.5) is 4.39 Å². The standard InChI is InChI=1S/C23H27FN6O/c24-5-8-29-9-10-30-22(15-29)19(14-27-30)20-2-1-17-13-26-18(11-21(17)28-20)12-23(31)16-3-6-25-7-4-16/h1-2,11,13-14,16,25H,3-10,12,15H2. The zero-order valence-electron chi connectivity index (χ0n) is 17.6. The quantitative estimate of drug-likeness (QED) is 0.658. The van der Waals surface area contributed by atoms with Crippen molar-refractivity contribution in [1.82, 2.24) is 30.0 Å². The Bertz CT molecular complexity index is 1090. The summed E-state index contributed by atoms with van der Waals surface area (Å²) in [6.45, 7) is 4.15. The zero-order chi connectivity index (χ0) is 21.2. The SMILES string of the molecule is O=C(Cc1cc2nc(-c3cnn4c3CN(CCF)CC4)ccc2cn1)C1CCNCC1. The molecule has 5 heterocycles. The van der Waals surface area contributed by atoms with Crippen molar-refractivity contribution in [2.75, 3.05) is 32.9 Å². The van der Waals surface area contributed by atoms with E-state index in [0.717, 1.165) is 72.6 Å². The van der Waals surface area contributed by atoms with E-state index in [2.05, 4.69) is 20.3 Å². The van der Waals surface area contributed by atoms with Crippen molar-refractivity contribution in [2.45, 2.75) is 32.4 Å². The summed E-state index contributed by atoms with van der Waals surface area (Å²) < 4.78 is 14.8. The largest absolute Gasteiger partial charge is 0.317 e. The average molecular weight is 423 g/mol. The molecule has 162 valence electrons. The molecule has 0 amide bonds. The average Bonchev–Trinajstić information content (AvgIpc) is 3.23. The summed E-state index contributed by atoms with van der Waals surface area (Å²) in [5, 5.41) is 8.76. The molecule has 31 heavy (non-hydrogen) atoms. The fourth-order valence-corrected chi connectivity index (χ4v) is 4.59. The van der Waals surface area contributed by atoms with Crippen molar-refractivity contribution >= 4 is 16.7 Å². The molecule has 0 radical (unpaired) electrons. The highest BCUT2D eigenvalue weighted by Gasteiger charge is 2.23. The normalized spacial score (nSPS) is 17.7. The van der Waals surface area contributed by atoms with Gasteiger partial charge in [0.05, 0.1) is 29.6 Å². The number of carbonyl (C=O) groups excluding carboxylic acids is 1. The Hall–Kier alpha value is -2.71. The number of hydrogen-bond acceptors (Lipinski definition) is 6. The van der Waals surface area contributed by atoms with E-state index >= 15 is 0 Å². The van der Waals surface area contributed by atoms with E-state index in [1.807, 2.05) is 29.1 Å². The summed E-state index contributed by atoms with van der Waals surface area (Å²) in [5.41, 5.74) is 4.50. The molecule has 7 nitrogen and oxygen atoms in total. The third kappa shape index (κ3) is 4.22. The van der Waals surface area contributed by atoms with Crippen molar-refractivity contribution in [3.63, 3.8) is 0 Å². The molecule has 2 aliphatic heterocycles. The Morgan fingerprint density at radius 3 is 2.90 bits per heavy atom. The Labute approximate surface area is 180 Å². The van der Waals surface area contributed by atoms with Crippen LogP contribution in [0.1, 0.15) is 24.2 Å². The van der Waals surface area contributed by atoms with Gasteiger partial charge in [-0.3, -0.25) is 19.4 Å². The lowest BCUT2D eigenvalue weighted by molar-refractivity contribution is -0.123. The molecule has 1 fully saturated rings. The summed E-state index contributed by atoms with van der Waals surface area (Å²) in [6, 6.07) is 5.92. The van der Waals surface area contributed by atoms with Gasteiger partial charge in [-0.25, -0.2) is 9.37 Å². The summed E-state index contributed by atoms with van der Waals surface area (Å²) in [5.74, 6) is 0.396. The van der Waals surface area contributed by atoms with E-state index in [1.165, 1.54) is 0 Å². The second-order valence-corrected chi connectivity index (χ2v) is 8.43. The Morgan fingerprint density at radius 1 is 1.19 bits per heavy atom. The molecule has 0 aliphatic carbocycles. The number of hydrogen-bond donors (Lipinski definition) is 1. The number of fused-ring (bicyclic) bond motifs is 2. The molecule has 0 saturated carbocycles. The van der Waals surface area contributed by atoms with E-state index in [9.17, 15) is 9.18 Å². The predicted molar refractivity (Wildman–Crippen MR) is 116 cm³/mol. The van der Waals surface area contributed by atoms with E-state index < -0.39 is 0 Å². The first-order chi connectivity index (χ1) is 15.2. The molecule has 0 spiro atoms. The lowest BCUT2D eigenvalue weighted by Crippen LogP contribution is -2.35. The summed E-state index contributed by atoms with van der Waals surface area (Å²) in [4.78, 5) is 24.1. The van der Waals surface area contributed by atoms with Crippen molar-refractivity contribution in [3.8, 4) is 11.3 Å². The third-order valence-corrected chi connectivity index (χ3v) is 6.41. The molecule has 5 rings (SSSR count). The Kier molecular flexibility index (Phi) is 5.74. The van der Waals surface area contributed by atoms with Crippen molar-refractivity contribution in [2.24, 2.45) is 5.92 Å².